The Kier molecular flexibility index (Phi) is 7.10. The fourth-order valence-electron chi connectivity index (χ4n) is 1.67. The van der Waals surface area contributed by atoms with Gasteiger partial charge in [-0.15, -0.1) is 0 Å². The molecule has 1 unspecified atom stereocenters. The minimum absolute atomic E-state index is 0.0289. The third kappa shape index (κ3) is 5.33. The number of alkyl halides is 1. The van der Waals surface area contributed by atoms with Crippen LogP contribution in [0.5, 0.6) is 0 Å². The standard InChI is InChI=1S/C15H22BrNO2/c1-4-19-10-13-8-6-5-7-12(13)9-17-15(18)14(16)11(2)3/h5-8,11,14H,4,9-10H2,1-3H3,(H,17,18). The number of benzene rings is 1. The van der Waals surface area contributed by atoms with Crippen LogP contribution in [0.15, 0.2) is 24.3 Å². The van der Waals surface area contributed by atoms with E-state index < -0.39 is 0 Å². The van der Waals surface area contributed by atoms with Crippen molar-refractivity contribution in [3.8, 4) is 0 Å². The Morgan fingerprint density at radius 3 is 2.53 bits per heavy atom. The van der Waals surface area contributed by atoms with Gasteiger partial charge in [0.1, 0.15) is 0 Å². The smallest absolute Gasteiger partial charge is 0.234 e. The molecule has 4 heteroatoms. The first-order valence-corrected chi connectivity index (χ1v) is 7.54. The van der Waals surface area contributed by atoms with Gasteiger partial charge in [-0.3, -0.25) is 4.79 Å². The monoisotopic (exact) mass is 327 g/mol. The van der Waals surface area contributed by atoms with Gasteiger partial charge in [0.15, 0.2) is 0 Å². The third-order valence-electron chi connectivity index (χ3n) is 2.87. The van der Waals surface area contributed by atoms with Crippen molar-refractivity contribution in [3.63, 3.8) is 0 Å². The largest absolute Gasteiger partial charge is 0.377 e. The highest BCUT2D eigenvalue weighted by Crippen LogP contribution is 2.13. The molecule has 3 nitrogen and oxygen atoms in total. The van der Waals surface area contributed by atoms with Crippen LogP contribution < -0.4 is 5.32 Å². The summed E-state index contributed by atoms with van der Waals surface area (Å²) >= 11 is 3.40. The zero-order chi connectivity index (χ0) is 14.3. The average Bonchev–Trinajstić information content (AvgIpc) is 2.42. The Balaban J connectivity index is 2.59. The maximum atomic E-state index is 11.9. The zero-order valence-corrected chi connectivity index (χ0v) is 13.4. The highest BCUT2D eigenvalue weighted by atomic mass is 79.9. The molecular weight excluding hydrogens is 306 g/mol. The molecule has 0 aliphatic carbocycles. The molecule has 19 heavy (non-hydrogen) atoms. The molecule has 106 valence electrons. The van der Waals surface area contributed by atoms with E-state index in [-0.39, 0.29) is 16.7 Å². The van der Waals surface area contributed by atoms with E-state index in [9.17, 15) is 4.79 Å². The first-order chi connectivity index (χ1) is 9.06. The van der Waals surface area contributed by atoms with Gasteiger partial charge in [0.2, 0.25) is 5.91 Å². The second-order valence-corrected chi connectivity index (χ2v) is 5.76. The van der Waals surface area contributed by atoms with E-state index in [1.807, 2.05) is 45.0 Å². The van der Waals surface area contributed by atoms with Crippen molar-refractivity contribution in [1.82, 2.24) is 5.32 Å². The minimum Gasteiger partial charge on any atom is -0.377 e. The summed E-state index contributed by atoms with van der Waals surface area (Å²) in [6.07, 6.45) is 0. The molecule has 0 aliphatic rings. The minimum atomic E-state index is -0.147. The Bertz CT molecular complexity index is 407. The van der Waals surface area contributed by atoms with Crippen molar-refractivity contribution in [3.05, 3.63) is 35.4 Å². The van der Waals surface area contributed by atoms with Gasteiger partial charge in [0.25, 0.3) is 0 Å². The zero-order valence-electron chi connectivity index (χ0n) is 11.8. The summed E-state index contributed by atoms with van der Waals surface area (Å²) in [5, 5.41) is 2.96. The molecule has 1 aromatic carbocycles. The predicted molar refractivity (Wildman–Crippen MR) is 81.2 cm³/mol. The number of hydrogen-bond donors (Lipinski definition) is 1. The summed E-state index contributed by atoms with van der Waals surface area (Å²) in [5.41, 5.74) is 2.23. The van der Waals surface area contributed by atoms with Crippen molar-refractivity contribution in [2.75, 3.05) is 6.61 Å². The first-order valence-electron chi connectivity index (χ1n) is 6.62. The molecule has 0 spiro atoms. The summed E-state index contributed by atoms with van der Waals surface area (Å²) in [6.45, 7) is 7.82. The number of hydrogen-bond acceptors (Lipinski definition) is 2. The number of carbonyl (C=O) groups is 1. The Morgan fingerprint density at radius 1 is 1.32 bits per heavy atom. The van der Waals surface area contributed by atoms with Crippen molar-refractivity contribution in [2.24, 2.45) is 5.92 Å². The van der Waals surface area contributed by atoms with E-state index in [4.69, 9.17) is 4.74 Å². The molecule has 0 saturated carbocycles. The van der Waals surface area contributed by atoms with Crippen LogP contribution in [0.2, 0.25) is 0 Å². The molecular formula is C15H22BrNO2. The molecule has 0 aliphatic heterocycles. The van der Waals surface area contributed by atoms with E-state index in [1.165, 1.54) is 0 Å². The molecule has 1 aromatic rings. The summed E-state index contributed by atoms with van der Waals surface area (Å²) in [5.74, 6) is 0.305. The topological polar surface area (TPSA) is 38.3 Å². The van der Waals surface area contributed by atoms with E-state index in [0.29, 0.717) is 19.8 Å². The van der Waals surface area contributed by atoms with Crippen LogP contribution in [-0.4, -0.2) is 17.3 Å². The van der Waals surface area contributed by atoms with Crippen LogP contribution in [0.4, 0.5) is 0 Å². The molecule has 1 amide bonds. The lowest BCUT2D eigenvalue weighted by molar-refractivity contribution is -0.121. The average molecular weight is 328 g/mol. The predicted octanol–water partition coefficient (Wildman–Crippen LogP) is 3.26. The Hall–Kier alpha value is -0.870. The fourth-order valence-corrected chi connectivity index (χ4v) is 1.83. The molecule has 0 bridgehead atoms. The lowest BCUT2D eigenvalue weighted by atomic mass is 10.1. The van der Waals surface area contributed by atoms with Crippen molar-refractivity contribution in [1.29, 1.82) is 0 Å². The first kappa shape index (κ1) is 16.2. The van der Waals surface area contributed by atoms with E-state index in [1.54, 1.807) is 0 Å². The number of amides is 1. The molecule has 1 N–H and O–H groups in total. The van der Waals surface area contributed by atoms with Gasteiger partial charge < -0.3 is 10.1 Å². The van der Waals surface area contributed by atoms with Gasteiger partial charge in [-0.1, -0.05) is 54.0 Å². The van der Waals surface area contributed by atoms with Crippen LogP contribution in [0.1, 0.15) is 31.9 Å². The van der Waals surface area contributed by atoms with Gasteiger partial charge in [0, 0.05) is 13.2 Å². The molecule has 0 aromatic heterocycles. The van der Waals surface area contributed by atoms with Crippen molar-refractivity contribution < 1.29 is 9.53 Å². The molecule has 0 radical (unpaired) electrons. The highest BCUT2D eigenvalue weighted by molar-refractivity contribution is 9.10. The second kappa shape index (κ2) is 8.33. The normalized spacial score (nSPS) is 12.5. The second-order valence-electron chi connectivity index (χ2n) is 4.77. The summed E-state index contributed by atoms with van der Waals surface area (Å²) in [7, 11) is 0. The quantitative estimate of drug-likeness (QED) is 0.780. The lowest BCUT2D eigenvalue weighted by Crippen LogP contribution is -2.33. The number of ether oxygens (including phenoxy) is 1. The summed E-state index contributed by atoms with van der Waals surface area (Å²) in [6, 6.07) is 8.02. The van der Waals surface area contributed by atoms with E-state index >= 15 is 0 Å². The van der Waals surface area contributed by atoms with Gasteiger partial charge in [-0.25, -0.2) is 0 Å². The SMILES string of the molecule is CCOCc1ccccc1CNC(=O)C(Br)C(C)C. The van der Waals surface area contributed by atoms with Crippen molar-refractivity contribution >= 4 is 21.8 Å². The van der Waals surface area contributed by atoms with Gasteiger partial charge in [-0.05, 0) is 24.0 Å². The van der Waals surface area contributed by atoms with E-state index in [0.717, 1.165) is 11.1 Å². The fraction of sp³-hybridized carbons (Fsp3) is 0.533. The summed E-state index contributed by atoms with van der Waals surface area (Å²) < 4.78 is 5.43. The molecule has 0 heterocycles. The summed E-state index contributed by atoms with van der Waals surface area (Å²) in [4.78, 5) is 11.7. The number of rotatable bonds is 7. The number of halogens is 1. The van der Waals surface area contributed by atoms with Crippen LogP contribution in [0.25, 0.3) is 0 Å². The lowest BCUT2D eigenvalue weighted by Gasteiger charge is -2.15. The Morgan fingerprint density at radius 2 is 1.95 bits per heavy atom. The van der Waals surface area contributed by atoms with Crippen molar-refractivity contribution in [2.45, 2.75) is 38.8 Å². The molecule has 0 fully saturated rings. The molecule has 1 atom stereocenters. The van der Waals surface area contributed by atoms with Crippen LogP contribution in [0, 0.1) is 5.92 Å². The third-order valence-corrected chi connectivity index (χ3v) is 4.34. The highest BCUT2D eigenvalue weighted by Gasteiger charge is 2.18. The van der Waals surface area contributed by atoms with E-state index in [2.05, 4.69) is 21.2 Å². The van der Waals surface area contributed by atoms with Gasteiger partial charge in [0.05, 0.1) is 11.4 Å². The van der Waals surface area contributed by atoms with Crippen LogP contribution in [-0.2, 0) is 22.7 Å². The van der Waals surface area contributed by atoms with Crippen LogP contribution >= 0.6 is 15.9 Å². The number of nitrogens with one attached hydrogen (secondary N) is 1. The maximum absolute atomic E-state index is 11.9. The van der Waals surface area contributed by atoms with Gasteiger partial charge in [-0.2, -0.15) is 0 Å². The number of carbonyl (C=O) groups excluding carboxylic acids is 1. The van der Waals surface area contributed by atoms with Crippen LogP contribution in [0.3, 0.4) is 0 Å². The van der Waals surface area contributed by atoms with Gasteiger partial charge >= 0.3 is 0 Å². The molecule has 1 rings (SSSR count). The Labute approximate surface area is 123 Å². The molecule has 0 saturated heterocycles. The maximum Gasteiger partial charge on any atom is 0.234 e.